The Morgan fingerprint density at radius 2 is 2.11 bits per heavy atom. The summed E-state index contributed by atoms with van der Waals surface area (Å²) in [5.41, 5.74) is 5.74. The van der Waals surface area contributed by atoms with Crippen LogP contribution in [0.5, 0.6) is 0 Å². The van der Waals surface area contributed by atoms with E-state index in [1.165, 1.54) is 11.1 Å². The number of nitrogens with one attached hydrogen (secondary N) is 1. The van der Waals surface area contributed by atoms with Crippen molar-refractivity contribution in [1.29, 1.82) is 0 Å². The molecule has 0 radical (unpaired) electrons. The van der Waals surface area contributed by atoms with Gasteiger partial charge in [0, 0.05) is 18.0 Å². The number of H-pyrrole nitrogens is 1. The van der Waals surface area contributed by atoms with Crippen LogP contribution in [0.1, 0.15) is 17.8 Å². The van der Waals surface area contributed by atoms with Gasteiger partial charge in [-0.15, -0.1) is 0 Å². The first-order chi connectivity index (χ1) is 8.86. The fourth-order valence-corrected chi connectivity index (χ4v) is 2.29. The highest BCUT2D eigenvalue weighted by atomic mass is 16.5. The van der Waals surface area contributed by atoms with Crippen LogP contribution in [0.15, 0.2) is 30.6 Å². The number of aryl methyl sites for hydroxylation is 1. The zero-order valence-corrected chi connectivity index (χ0v) is 10.3. The van der Waals surface area contributed by atoms with Crippen LogP contribution in [-0.4, -0.2) is 28.4 Å². The molecule has 0 saturated carbocycles. The number of hydrogen-bond acceptors (Lipinski definition) is 3. The first-order valence-electron chi connectivity index (χ1n) is 6.09. The summed E-state index contributed by atoms with van der Waals surface area (Å²) in [7, 11) is 0. The summed E-state index contributed by atoms with van der Waals surface area (Å²) in [6, 6.07) is 4.03. The van der Waals surface area contributed by atoms with Gasteiger partial charge in [0.1, 0.15) is 0 Å². The second-order valence-corrected chi connectivity index (χ2v) is 4.35. The molecule has 0 aromatic carbocycles. The van der Waals surface area contributed by atoms with Gasteiger partial charge in [-0.1, -0.05) is 6.08 Å². The molecule has 2 aromatic heterocycles. The van der Waals surface area contributed by atoms with Gasteiger partial charge in [0.05, 0.1) is 24.6 Å². The van der Waals surface area contributed by atoms with Crippen molar-refractivity contribution in [3.63, 3.8) is 0 Å². The predicted octanol–water partition coefficient (Wildman–Crippen LogP) is 2.58. The Hall–Kier alpha value is -1.94. The first-order valence-corrected chi connectivity index (χ1v) is 6.09. The predicted molar refractivity (Wildman–Crippen MR) is 70.0 cm³/mol. The number of hydrogen-bond donors (Lipinski definition) is 1. The molecule has 1 aliphatic heterocycles. The Bertz CT molecular complexity index is 572. The summed E-state index contributed by atoms with van der Waals surface area (Å²) in [5.74, 6) is 0. The summed E-state index contributed by atoms with van der Waals surface area (Å²) < 4.78 is 5.35. The molecule has 0 spiro atoms. The van der Waals surface area contributed by atoms with E-state index in [2.05, 4.69) is 21.3 Å². The van der Waals surface area contributed by atoms with E-state index in [0.29, 0.717) is 6.61 Å². The molecule has 92 valence electrons. The minimum atomic E-state index is 0.684. The highest BCUT2D eigenvalue weighted by molar-refractivity contribution is 5.80. The van der Waals surface area contributed by atoms with Crippen LogP contribution in [0.4, 0.5) is 0 Å². The van der Waals surface area contributed by atoms with Gasteiger partial charge in [-0.05, 0) is 36.6 Å². The van der Waals surface area contributed by atoms with Crippen molar-refractivity contribution < 1.29 is 4.74 Å². The quantitative estimate of drug-likeness (QED) is 0.879. The van der Waals surface area contributed by atoms with E-state index in [0.717, 1.165) is 30.0 Å². The van der Waals surface area contributed by atoms with Gasteiger partial charge >= 0.3 is 0 Å². The van der Waals surface area contributed by atoms with Gasteiger partial charge in [-0.3, -0.25) is 10.1 Å². The topological polar surface area (TPSA) is 50.8 Å². The molecular weight excluding hydrogens is 226 g/mol. The average Bonchev–Trinajstić information content (AvgIpc) is 2.83. The molecule has 3 heterocycles. The zero-order valence-electron chi connectivity index (χ0n) is 10.3. The number of rotatable bonds is 2. The highest BCUT2D eigenvalue weighted by Crippen LogP contribution is 2.32. The molecule has 0 bridgehead atoms. The molecule has 0 unspecified atom stereocenters. The second kappa shape index (κ2) is 4.74. The van der Waals surface area contributed by atoms with Gasteiger partial charge < -0.3 is 4.74 Å². The molecule has 2 aromatic rings. The number of ether oxygens (including phenoxy) is 1. The number of aromatic nitrogens is 3. The normalized spacial score (nSPS) is 15.5. The largest absolute Gasteiger partial charge is 0.377 e. The van der Waals surface area contributed by atoms with Gasteiger partial charge in [0.2, 0.25) is 0 Å². The lowest BCUT2D eigenvalue weighted by Gasteiger charge is -2.13. The van der Waals surface area contributed by atoms with Gasteiger partial charge in [-0.25, -0.2) is 0 Å². The van der Waals surface area contributed by atoms with E-state index in [4.69, 9.17) is 4.74 Å². The lowest BCUT2D eigenvalue weighted by atomic mass is 9.98. The van der Waals surface area contributed by atoms with Crippen LogP contribution >= 0.6 is 0 Å². The third-order valence-electron chi connectivity index (χ3n) is 3.20. The summed E-state index contributed by atoms with van der Waals surface area (Å²) in [6.07, 6.45) is 6.68. The third-order valence-corrected chi connectivity index (χ3v) is 3.20. The van der Waals surface area contributed by atoms with Crippen LogP contribution in [0.3, 0.4) is 0 Å². The van der Waals surface area contributed by atoms with E-state index in [1.807, 2.05) is 31.5 Å². The van der Waals surface area contributed by atoms with Crippen molar-refractivity contribution in [3.05, 3.63) is 42.0 Å². The molecule has 1 N–H and O–H groups in total. The average molecular weight is 241 g/mol. The van der Waals surface area contributed by atoms with E-state index in [1.54, 1.807) is 0 Å². The van der Waals surface area contributed by atoms with Crippen LogP contribution < -0.4 is 0 Å². The maximum Gasteiger partial charge on any atom is 0.0689 e. The molecule has 0 amide bonds. The van der Waals surface area contributed by atoms with E-state index >= 15 is 0 Å². The van der Waals surface area contributed by atoms with Crippen molar-refractivity contribution in [2.24, 2.45) is 0 Å². The van der Waals surface area contributed by atoms with Crippen LogP contribution in [0.25, 0.3) is 16.7 Å². The number of nitrogens with zero attached hydrogens (tertiary/aromatic N) is 2. The van der Waals surface area contributed by atoms with E-state index in [9.17, 15) is 0 Å². The molecular formula is C14H15N3O. The van der Waals surface area contributed by atoms with Crippen LogP contribution in [0, 0.1) is 6.92 Å². The molecule has 18 heavy (non-hydrogen) atoms. The Balaban J connectivity index is 2.09. The van der Waals surface area contributed by atoms with Gasteiger partial charge in [-0.2, -0.15) is 5.10 Å². The molecule has 0 fully saturated rings. The third kappa shape index (κ3) is 1.95. The SMILES string of the molecule is Cc1n[nH]c(C2=CCOCC2)c1-c1ccncc1. The monoisotopic (exact) mass is 241 g/mol. The zero-order chi connectivity index (χ0) is 12.4. The maximum absolute atomic E-state index is 5.35. The summed E-state index contributed by atoms with van der Waals surface area (Å²) in [6.45, 7) is 3.48. The van der Waals surface area contributed by atoms with Crippen molar-refractivity contribution in [2.75, 3.05) is 13.2 Å². The highest BCUT2D eigenvalue weighted by Gasteiger charge is 2.16. The Kier molecular flexibility index (Phi) is 2.94. The lowest BCUT2D eigenvalue weighted by Crippen LogP contribution is -2.04. The first kappa shape index (κ1) is 11.2. The van der Waals surface area contributed by atoms with Crippen LogP contribution in [-0.2, 0) is 4.74 Å². The van der Waals surface area contributed by atoms with Crippen LogP contribution in [0.2, 0.25) is 0 Å². The summed E-state index contributed by atoms with van der Waals surface area (Å²) in [5, 5.41) is 7.49. The lowest BCUT2D eigenvalue weighted by molar-refractivity contribution is 0.161. The Morgan fingerprint density at radius 1 is 1.28 bits per heavy atom. The summed E-state index contributed by atoms with van der Waals surface area (Å²) >= 11 is 0. The molecule has 4 nitrogen and oxygen atoms in total. The number of pyridine rings is 1. The smallest absolute Gasteiger partial charge is 0.0689 e. The molecule has 4 heteroatoms. The minimum absolute atomic E-state index is 0.684. The van der Waals surface area contributed by atoms with Crippen molar-refractivity contribution >= 4 is 5.57 Å². The molecule has 0 saturated heterocycles. The standard InChI is InChI=1S/C14H15N3O/c1-10-13(11-2-6-15-7-3-11)14(17-16-10)12-4-8-18-9-5-12/h2-4,6-7H,5,8-9H2,1H3,(H,16,17). The fraction of sp³-hybridized carbons (Fsp3) is 0.286. The molecule has 3 rings (SSSR count). The Morgan fingerprint density at radius 3 is 2.83 bits per heavy atom. The van der Waals surface area contributed by atoms with Crippen molar-refractivity contribution in [1.82, 2.24) is 15.2 Å². The van der Waals surface area contributed by atoms with E-state index in [-0.39, 0.29) is 0 Å². The molecule has 0 atom stereocenters. The number of aromatic amines is 1. The summed E-state index contributed by atoms with van der Waals surface area (Å²) in [4.78, 5) is 4.06. The molecule has 0 aliphatic carbocycles. The Labute approximate surface area is 106 Å². The van der Waals surface area contributed by atoms with Gasteiger partial charge in [0.15, 0.2) is 0 Å². The fourth-order valence-electron chi connectivity index (χ4n) is 2.29. The van der Waals surface area contributed by atoms with Crippen molar-refractivity contribution in [3.8, 4) is 11.1 Å². The molecule has 1 aliphatic rings. The minimum Gasteiger partial charge on any atom is -0.377 e. The second-order valence-electron chi connectivity index (χ2n) is 4.35. The van der Waals surface area contributed by atoms with Gasteiger partial charge in [0.25, 0.3) is 0 Å². The maximum atomic E-state index is 5.35. The van der Waals surface area contributed by atoms with Crippen molar-refractivity contribution in [2.45, 2.75) is 13.3 Å². The van der Waals surface area contributed by atoms with E-state index < -0.39 is 0 Å².